The van der Waals surface area contributed by atoms with Gasteiger partial charge in [-0.25, -0.2) is 64.0 Å². The Bertz CT molecular complexity index is 4750. The number of carbonyl (C=O) groups is 2. The Morgan fingerprint density at radius 3 is 1.09 bits per heavy atom. The summed E-state index contributed by atoms with van der Waals surface area (Å²) in [6.07, 6.45) is 13.9. The van der Waals surface area contributed by atoms with Crippen LogP contribution in [0.3, 0.4) is 0 Å². The first-order chi connectivity index (χ1) is 50.7. The van der Waals surface area contributed by atoms with Crippen LogP contribution in [0.4, 0.5) is 32.7 Å². The van der Waals surface area contributed by atoms with Gasteiger partial charge in [-0.15, -0.1) is 33.2 Å². The second-order valence-corrected chi connectivity index (χ2v) is 32.3. The Kier molecular flexibility index (Phi) is 41.8. The van der Waals surface area contributed by atoms with E-state index < -0.39 is 54.0 Å². The van der Waals surface area contributed by atoms with Gasteiger partial charge in [-0.05, 0) is 261 Å². The van der Waals surface area contributed by atoms with E-state index in [4.69, 9.17) is 43.4 Å². The number of benzene rings is 4. The summed E-state index contributed by atoms with van der Waals surface area (Å²) < 4.78 is 88.0. The van der Waals surface area contributed by atoms with Crippen LogP contribution in [-0.2, 0) is 40.1 Å². The highest BCUT2D eigenvalue weighted by Crippen LogP contribution is 2.27. The number of anilines is 4. The average molecular weight is 1650 g/mol. The van der Waals surface area contributed by atoms with Gasteiger partial charge in [-0.1, -0.05) is 15.6 Å². The third-order valence-corrected chi connectivity index (χ3v) is 18.9. The molecule has 0 saturated heterocycles. The van der Waals surface area contributed by atoms with Crippen molar-refractivity contribution in [2.75, 3.05) is 87.3 Å². The average Bonchev–Trinajstić information content (AvgIpc) is 0.823. The Morgan fingerprint density at radius 1 is 0.445 bits per heavy atom. The molecule has 0 saturated carbocycles. The van der Waals surface area contributed by atoms with Crippen LogP contribution in [-0.4, -0.2) is 155 Å². The minimum Gasteiger partial charge on any atom is -0.443 e. The molecule has 0 radical (unpaired) electrons. The second kappa shape index (κ2) is 47.1. The molecule has 0 fully saturated rings. The number of hydrogen-bond acceptors (Lipinski definition) is 25. The molecule has 0 aliphatic rings. The number of amides is 2. The van der Waals surface area contributed by atoms with Gasteiger partial charge in [-0.3, -0.25) is 0 Å². The molecule has 608 valence electrons. The van der Waals surface area contributed by atoms with Crippen LogP contribution in [0.15, 0.2) is 98.4 Å². The summed E-state index contributed by atoms with van der Waals surface area (Å²) in [6.45, 7) is 31.5. The Labute approximate surface area is 666 Å². The summed E-state index contributed by atoms with van der Waals surface area (Å²) in [4.78, 5) is 58.8. The van der Waals surface area contributed by atoms with E-state index in [9.17, 15) is 34.8 Å². The molecule has 9 aromatic rings. The number of carbonyl (C=O) groups excluding carboxylic acids is 2. The van der Waals surface area contributed by atoms with E-state index >= 15 is 0 Å². The maximum absolute atomic E-state index is 11.9. The van der Waals surface area contributed by atoms with Crippen molar-refractivity contribution in [2.24, 2.45) is 22.3 Å². The number of nitrogens with zero attached hydrogens (tertiary/aromatic N) is 10. The molecule has 0 spiro atoms. The number of hydrogen-bond donors (Lipinski definition) is 11. The van der Waals surface area contributed by atoms with Gasteiger partial charge in [0.05, 0.1) is 22.1 Å². The maximum atomic E-state index is 11.9. The highest BCUT2D eigenvalue weighted by molar-refractivity contribution is 7.88. The first-order valence-electron chi connectivity index (χ1n) is 35.2. The molecule has 2 amide bonds. The number of nitrogens with two attached hydrogens (primary N) is 4. The largest absolute Gasteiger partial charge is 0.474 e. The molecular formula is C73H113Cl3N21O10S3+. The zero-order chi connectivity index (χ0) is 80.6. The Balaban J connectivity index is 0.000000464. The molecule has 31 nitrogen and oxygen atoms in total. The lowest BCUT2D eigenvalue weighted by Crippen LogP contribution is -2.52. The first-order valence-corrected chi connectivity index (χ1v) is 40.1. The summed E-state index contributed by atoms with van der Waals surface area (Å²) >= 11 is 5.93. The lowest BCUT2D eigenvalue weighted by Gasteiger charge is -2.19. The minimum atomic E-state index is -4.00. The highest BCUT2D eigenvalue weighted by Gasteiger charge is 2.28. The third-order valence-electron chi connectivity index (χ3n) is 15.7. The molecule has 0 bridgehead atoms. The predicted molar refractivity (Wildman–Crippen MR) is 447 cm³/mol. The normalized spacial score (nSPS) is 11.2. The van der Waals surface area contributed by atoms with Crippen LogP contribution >= 0.6 is 36.4 Å². The summed E-state index contributed by atoms with van der Waals surface area (Å²) in [5, 5.41) is 19.3. The molecule has 9 rings (SSSR count). The van der Waals surface area contributed by atoms with Gasteiger partial charge in [0, 0.05) is 86.2 Å². The number of fused-ring (bicyclic) bond motifs is 4. The molecule has 37 heteroatoms. The maximum Gasteiger partial charge on any atom is 0.474 e. The molecule has 5 aromatic heterocycles. The van der Waals surface area contributed by atoms with Crippen LogP contribution in [0.1, 0.15) is 137 Å². The van der Waals surface area contributed by atoms with Crippen molar-refractivity contribution in [3.05, 3.63) is 148 Å². The van der Waals surface area contributed by atoms with Gasteiger partial charge in [-0.2, -0.15) is 26.3 Å². The van der Waals surface area contributed by atoms with Crippen molar-refractivity contribution in [2.45, 2.75) is 160 Å². The molecule has 4 aromatic carbocycles. The van der Waals surface area contributed by atoms with E-state index in [1.54, 1.807) is 66.3 Å². The van der Waals surface area contributed by atoms with Gasteiger partial charge >= 0.3 is 32.6 Å². The molecule has 110 heavy (non-hydrogen) atoms. The number of aryl methyl sites for hydroxylation is 8. The van der Waals surface area contributed by atoms with Crippen molar-refractivity contribution >= 4 is 146 Å². The number of unbranched alkanes of at least 4 members (excludes halogenated alkanes) is 4. The standard InChI is InChI=1S/C19H29N5O4S.C14H21N5O2S.C14H20N4.C12H19N3O4S.C10H9ClN2.C4H12N2.2ClH/c1-13-10-15-16(11-14(13)2)21-12-22-17(15)20-8-6-7-9-23-29(26,27)24-18(25)28-19(3,4)5;1-10-7-12-13(8-11(10)2)17-9-18-14(12)16-5-3-4-6-19-22(15,20)21;1-10-7-12-13(8-11(10)2)17-9-18-14(12)16-6-4-3-5-15;1-12(2,3)19-11(16)13-20(17,18)15-8-6-10(7-9-15)14(4)5;1-6-3-8-9(4-7(6)2)12-5-13-10(8)11;5-3-1-2-4-6;;/h10-12,23H,6-9H2,1-5H3,(H,24,25)(H,20,21,22);7-9,19H,3-6H2,1-2H3,(H2,15,20,21)(H,16,17,18);7-9H,3-6,15H2,1-2H3,(H,16,17,18);6-9H,1-5H3;3-5H,1-2H3;1-6H2;2*1H/p+1. The fourth-order valence-corrected chi connectivity index (χ4v) is 11.7. The van der Waals surface area contributed by atoms with Gasteiger partial charge in [0.25, 0.3) is 10.2 Å². The highest BCUT2D eigenvalue weighted by atomic mass is 35.5. The fraction of sp³-hybridized carbons (Fsp3) is 0.466. The first kappa shape index (κ1) is 97.7. The monoisotopic (exact) mass is 1640 g/mol. The molecule has 5 heterocycles. The lowest BCUT2D eigenvalue weighted by atomic mass is 10.1. The SMILES string of the molecule is CN(C)c1cc[n+](S(=O)(=O)NC(=O)OC(C)(C)C)cc1.Cc1cc2ncnc(Cl)c2cc1C.Cc1cc2ncnc(NCCCCN)c2cc1C.Cc1cc2ncnc(NCCCCNS(=O)(=O)NC(=O)OC(C)(C)C)c2cc1C.Cc1cc2ncnc(NCCCCNS(N)(=O)=O)c2cc1C.Cl.Cl.NCCCCN. The summed E-state index contributed by atoms with van der Waals surface area (Å²) in [6, 6.07) is 19.8. The van der Waals surface area contributed by atoms with E-state index in [2.05, 4.69) is 131 Å². The van der Waals surface area contributed by atoms with Crippen LogP contribution in [0.2, 0.25) is 5.15 Å². The minimum absolute atomic E-state index is 0. The van der Waals surface area contributed by atoms with Crippen molar-refractivity contribution < 1.29 is 48.3 Å². The molecule has 0 atom stereocenters. The zero-order valence-corrected chi connectivity index (χ0v) is 70.7. The lowest BCUT2D eigenvalue weighted by molar-refractivity contribution is -0.512. The Hall–Kier alpha value is -8.39. The zero-order valence-electron chi connectivity index (χ0n) is 65.8. The number of ether oxygens (including phenoxy) is 2. The van der Waals surface area contributed by atoms with Crippen molar-refractivity contribution in [1.29, 1.82) is 0 Å². The Morgan fingerprint density at radius 2 is 0.745 bits per heavy atom. The van der Waals surface area contributed by atoms with E-state index in [0.29, 0.717) is 44.0 Å². The summed E-state index contributed by atoms with van der Waals surface area (Å²) in [7, 11) is -7.86. The third kappa shape index (κ3) is 35.7. The van der Waals surface area contributed by atoms with E-state index in [1.807, 2.05) is 66.6 Å². The van der Waals surface area contributed by atoms with Crippen LogP contribution in [0, 0.1) is 55.4 Å². The second-order valence-electron chi connectivity index (χ2n) is 27.5. The number of pyridine rings is 1. The number of nitrogens with one attached hydrogen (secondary N) is 7. The number of halogens is 3. The molecule has 15 N–H and O–H groups in total. The van der Waals surface area contributed by atoms with E-state index in [-0.39, 0.29) is 31.4 Å². The fourth-order valence-electron chi connectivity index (χ4n) is 9.52. The van der Waals surface area contributed by atoms with Crippen molar-refractivity contribution in [3.8, 4) is 0 Å². The van der Waals surface area contributed by atoms with Crippen LogP contribution < -0.4 is 66.1 Å². The quantitative estimate of drug-likeness (QED) is 0.0136. The molecule has 0 aliphatic heterocycles. The number of rotatable bonds is 26. The topological polar surface area (TPSA) is 454 Å². The van der Waals surface area contributed by atoms with Gasteiger partial charge < -0.3 is 47.5 Å². The molecule has 0 aliphatic carbocycles. The number of aromatic nitrogens is 9. The van der Waals surface area contributed by atoms with Crippen molar-refractivity contribution in [1.82, 2.24) is 58.8 Å². The van der Waals surface area contributed by atoms with Crippen LogP contribution in [0.25, 0.3) is 43.6 Å². The van der Waals surface area contributed by atoms with Crippen molar-refractivity contribution in [3.63, 3.8) is 0 Å². The summed E-state index contributed by atoms with van der Waals surface area (Å²) in [5.74, 6) is 2.47. The smallest absolute Gasteiger partial charge is 0.443 e. The summed E-state index contributed by atoms with van der Waals surface area (Å²) in [5.41, 5.74) is 28.5. The van der Waals surface area contributed by atoms with E-state index in [1.165, 1.54) is 69.6 Å². The molecule has 0 unspecified atom stereocenters. The van der Waals surface area contributed by atoms with E-state index in [0.717, 1.165) is 129 Å². The molecular weight excluding hydrogens is 1530 g/mol. The van der Waals surface area contributed by atoms with Gasteiger partial charge in [0.15, 0.2) is 12.4 Å². The van der Waals surface area contributed by atoms with Gasteiger partial charge in [0.1, 0.15) is 59.1 Å². The predicted octanol–water partition coefficient (Wildman–Crippen LogP) is 10.5. The van der Waals surface area contributed by atoms with Gasteiger partial charge in [0.2, 0.25) is 0 Å². The van der Waals surface area contributed by atoms with Crippen LogP contribution in [0.5, 0.6) is 0 Å².